The molecular weight excluding hydrogens is 249 g/mol. The maximum Gasteiger partial charge on any atom is 0.132 e. The molecule has 2 nitrogen and oxygen atoms in total. The fourth-order valence-electron chi connectivity index (χ4n) is 1.23. The van der Waals surface area contributed by atoms with Crippen LogP contribution in [0.2, 0.25) is 0 Å². The van der Waals surface area contributed by atoms with E-state index in [1.807, 2.05) is 6.07 Å². The second kappa shape index (κ2) is 3.58. The van der Waals surface area contributed by atoms with Gasteiger partial charge in [0.1, 0.15) is 11.6 Å². The van der Waals surface area contributed by atoms with Crippen molar-refractivity contribution in [3.8, 4) is 11.8 Å². The molecule has 0 aromatic heterocycles. The van der Waals surface area contributed by atoms with Crippen LogP contribution in [-0.4, -0.2) is 5.11 Å². The van der Waals surface area contributed by atoms with E-state index in [4.69, 9.17) is 5.26 Å². The molecule has 0 bridgehead atoms. The predicted molar refractivity (Wildman–Crippen MR) is 54.4 cm³/mol. The zero-order valence-electron chi connectivity index (χ0n) is 7.81. The molecule has 0 saturated carbocycles. The molecule has 0 spiro atoms. The van der Waals surface area contributed by atoms with Gasteiger partial charge in [-0.3, -0.25) is 0 Å². The molecule has 0 aliphatic heterocycles. The van der Waals surface area contributed by atoms with E-state index >= 15 is 0 Å². The average Bonchev–Trinajstić information content (AvgIpc) is 2.01. The molecule has 0 atom stereocenters. The fourth-order valence-corrected chi connectivity index (χ4v) is 1.65. The number of rotatable bonds is 1. The van der Waals surface area contributed by atoms with Crippen molar-refractivity contribution in [3.63, 3.8) is 0 Å². The Kier molecular flexibility index (Phi) is 2.81. The second-order valence-corrected chi connectivity index (χ2v) is 4.43. The van der Waals surface area contributed by atoms with Crippen LogP contribution in [0.5, 0.6) is 5.75 Å². The maximum atomic E-state index is 13.5. The van der Waals surface area contributed by atoms with E-state index in [0.717, 1.165) is 0 Å². The van der Waals surface area contributed by atoms with Gasteiger partial charge in [0.15, 0.2) is 0 Å². The lowest BCUT2D eigenvalue weighted by molar-refractivity contribution is 0.442. The summed E-state index contributed by atoms with van der Waals surface area (Å²) in [5.74, 6) is -0.785. The summed E-state index contributed by atoms with van der Waals surface area (Å²) in [6.45, 7) is 3.11. The molecule has 0 heterocycles. The third-order valence-electron chi connectivity index (χ3n) is 1.94. The number of phenolic OH excluding ortho intramolecular Hbond substituents is 1. The summed E-state index contributed by atoms with van der Waals surface area (Å²) in [5.41, 5.74) is -1.00. The lowest BCUT2D eigenvalue weighted by Crippen LogP contribution is -2.16. The van der Waals surface area contributed by atoms with Crippen LogP contribution in [0.1, 0.15) is 19.4 Å². The number of nitriles is 1. The lowest BCUT2D eigenvalue weighted by Gasteiger charge is -2.18. The summed E-state index contributed by atoms with van der Waals surface area (Å²) >= 11 is 3.05. The van der Waals surface area contributed by atoms with Crippen LogP contribution in [0.4, 0.5) is 4.39 Å². The monoisotopic (exact) mass is 257 g/mol. The van der Waals surface area contributed by atoms with Crippen LogP contribution in [0.25, 0.3) is 0 Å². The predicted octanol–water partition coefficient (Wildman–Crippen LogP) is 3.09. The Labute approximate surface area is 90.1 Å². The molecular formula is C10H9BrFNO. The first kappa shape index (κ1) is 11.0. The SMILES string of the molecule is CC(C)(C#N)c1c(O)cc(Br)cc1F. The number of benzene rings is 1. The van der Waals surface area contributed by atoms with Crippen LogP contribution in [0, 0.1) is 17.1 Å². The minimum atomic E-state index is -1.03. The van der Waals surface area contributed by atoms with Crippen molar-refractivity contribution in [1.82, 2.24) is 0 Å². The van der Waals surface area contributed by atoms with Crippen LogP contribution in [-0.2, 0) is 5.41 Å². The molecule has 0 fully saturated rings. The summed E-state index contributed by atoms with van der Waals surface area (Å²) in [6, 6.07) is 4.55. The Morgan fingerprint density at radius 3 is 2.50 bits per heavy atom. The molecule has 0 radical (unpaired) electrons. The van der Waals surface area contributed by atoms with Crippen molar-refractivity contribution in [2.45, 2.75) is 19.3 Å². The number of halogens is 2. The van der Waals surface area contributed by atoms with Crippen LogP contribution < -0.4 is 0 Å². The maximum absolute atomic E-state index is 13.5. The van der Waals surface area contributed by atoms with E-state index in [0.29, 0.717) is 4.47 Å². The average molecular weight is 258 g/mol. The van der Waals surface area contributed by atoms with Crippen molar-refractivity contribution < 1.29 is 9.50 Å². The molecule has 0 saturated heterocycles. The normalized spacial score (nSPS) is 11.1. The molecule has 0 aliphatic carbocycles. The molecule has 74 valence electrons. The van der Waals surface area contributed by atoms with Gasteiger partial charge in [0, 0.05) is 10.0 Å². The molecule has 0 amide bonds. The highest BCUT2D eigenvalue weighted by Gasteiger charge is 2.27. The third-order valence-corrected chi connectivity index (χ3v) is 2.40. The van der Waals surface area contributed by atoms with E-state index in [2.05, 4.69) is 15.9 Å². The minimum absolute atomic E-state index is 0.0307. The third kappa shape index (κ3) is 1.88. The molecule has 0 aliphatic rings. The highest BCUT2D eigenvalue weighted by molar-refractivity contribution is 9.10. The van der Waals surface area contributed by atoms with Gasteiger partial charge in [-0.25, -0.2) is 4.39 Å². The Balaban J connectivity index is 3.44. The number of hydrogen-bond acceptors (Lipinski definition) is 2. The Hall–Kier alpha value is -1.08. The quantitative estimate of drug-likeness (QED) is 0.841. The van der Waals surface area contributed by atoms with E-state index in [9.17, 15) is 9.50 Å². The molecule has 4 heteroatoms. The standard InChI is InChI=1S/C10H9BrFNO/c1-10(2,5-13)9-7(12)3-6(11)4-8(9)14/h3-4,14H,1-2H3. The van der Waals surface area contributed by atoms with Crippen LogP contribution in [0.3, 0.4) is 0 Å². The zero-order chi connectivity index (χ0) is 10.9. The van der Waals surface area contributed by atoms with E-state index in [-0.39, 0.29) is 11.3 Å². The largest absolute Gasteiger partial charge is 0.507 e. The van der Waals surface area contributed by atoms with E-state index in [1.54, 1.807) is 13.8 Å². The van der Waals surface area contributed by atoms with Gasteiger partial charge in [-0.2, -0.15) is 5.26 Å². The lowest BCUT2D eigenvalue weighted by atomic mass is 9.85. The van der Waals surface area contributed by atoms with Crippen molar-refractivity contribution >= 4 is 15.9 Å². The van der Waals surface area contributed by atoms with Crippen LogP contribution in [0.15, 0.2) is 16.6 Å². The van der Waals surface area contributed by atoms with Gasteiger partial charge in [-0.15, -0.1) is 0 Å². The smallest absolute Gasteiger partial charge is 0.132 e. The molecule has 1 aromatic carbocycles. The summed E-state index contributed by atoms with van der Waals surface area (Å²) in [6.07, 6.45) is 0. The topological polar surface area (TPSA) is 44.0 Å². The highest BCUT2D eigenvalue weighted by atomic mass is 79.9. The Morgan fingerprint density at radius 2 is 2.07 bits per heavy atom. The van der Waals surface area contributed by atoms with Gasteiger partial charge < -0.3 is 5.11 Å². The molecule has 14 heavy (non-hydrogen) atoms. The second-order valence-electron chi connectivity index (χ2n) is 3.52. The number of hydrogen-bond donors (Lipinski definition) is 1. The number of nitrogens with zero attached hydrogens (tertiary/aromatic N) is 1. The van der Waals surface area contributed by atoms with Crippen molar-refractivity contribution in [2.24, 2.45) is 0 Å². The van der Waals surface area contributed by atoms with Crippen LogP contribution >= 0.6 is 15.9 Å². The molecule has 1 aromatic rings. The first-order valence-electron chi connectivity index (χ1n) is 3.98. The van der Waals surface area contributed by atoms with Crippen molar-refractivity contribution in [1.29, 1.82) is 5.26 Å². The van der Waals surface area contributed by atoms with Gasteiger partial charge in [0.2, 0.25) is 0 Å². The van der Waals surface area contributed by atoms with Gasteiger partial charge in [-0.05, 0) is 26.0 Å². The van der Waals surface area contributed by atoms with Gasteiger partial charge >= 0.3 is 0 Å². The zero-order valence-corrected chi connectivity index (χ0v) is 9.39. The van der Waals surface area contributed by atoms with Crippen molar-refractivity contribution in [3.05, 3.63) is 28.0 Å². The summed E-state index contributed by atoms with van der Waals surface area (Å²) in [4.78, 5) is 0. The minimum Gasteiger partial charge on any atom is -0.507 e. The Bertz CT molecular complexity index is 386. The first-order valence-corrected chi connectivity index (χ1v) is 4.77. The van der Waals surface area contributed by atoms with E-state index in [1.165, 1.54) is 12.1 Å². The highest BCUT2D eigenvalue weighted by Crippen LogP contribution is 2.34. The molecule has 0 unspecified atom stereocenters. The first-order chi connectivity index (χ1) is 6.38. The summed E-state index contributed by atoms with van der Waals surface area (Å²) in [7, 11) is 0. The Morgan fingerprint density at radius 1 is 1.50 bits per heavy atom. The molecule has 1 rings (SSSR count). The number of aromatic hydroxyl groups is 1. The van der Waals surface area contributed by atoms with E-state index < -0.39 is 11.2 Å². The van der Waals surface area contributed by atoms with Gasteiger partial charge in [-0.1, -0.05) is 15.9 Å². The number of phenols is 1. The van der Waals surface area contributed by atoms with Gasteiger partial charge in [0.05, 0.1) is 11.5 Å². The van der Waals surface area contributed by atoms with Gasteiger partial charge in [0.25, 0.3) is 0 Å². The molecule has 1 N–H and O–H groups in total. The summed E-state index contributed by atoms with van der Waals surface area (Å²) in [5, 5.41) is 18.3. The summed E-state index contributed by atoms with van der Waals surface area (Å²) < 4.78 is 13.9. The fraction of sp³-hybridized carbons (Fsp3) is 0.300. The van der Waals surface area contributed by atoms with Crippen molar-refractivity contribution in [2.75, 3.05) is 0 Å².